The Labute approximate surface area is 86.7 Å². The SMILES string of the molecule is NC[C@@]1(CO)C[C@H]1c1ccc(F)cc1F. The Morgan fingerprint density at radius 1 is 1.47 bits per heavy atom. The molecule has 1 aliphatic rings. The van der Waals surface area contributed by atoms with Crippen LogP contribution in [0.3, 0.4) is 0 Å². The summed E-state index contributed by atoms with van der Waals surface area (Å²) in [4.78, 5) is 0. The molecule has 0 bridgehead atoms. The number of benzene rings is 1. The van der Waals surface area contributed by atoms with Crippen molar-refractivity contribution < 1.29 is 13.9 Å². The molecule has 0 amide bonds. The van der Waals surface area contributed by atoms with E-state index in [1.807, 2.05) is 0 Å². The number of aliphatic hydroxyl groups excluding tert-OH is 1. The number of hydrogen-bond acceptors (Lipinski definition) is 2. The molecule has 4 heteroatoms. The Balaban J connectivity index is 2.26. The molecule has 0 aliphatic heterocycles. The highest BCUT2D eigenvalue weighted by Crippen LogP contribution is 2.58. The van der Waals surface area contributed by atoms with Gasteiger partial charge in [0.25, 0.3) is 0 Å². The van der Waals surface area contributed by atoms with Gasteiger partial charge < -0.3 is 10.8 Å². The third kappa shape index (κ3) is 1.64. The van der Waals surface area contributed by atoms with Gasteiger partial charge >= 0.3 is 0 Å². The van der Waals surface area contributed by atoms with E-state index in [0.29, 0.717) is 18.5 Å². The van der Waals surface area contributed by atoms with Crippen LogP contribution in [0.2, 0.25) is 0 Å². The van der Waals surface area contributed by atoms with E-state index in [1.54, 1.807) is 0 Å². The first kappa shape index (κ1) is 10.5. The van der Waals surface area contributed by atoms with Crippen molar-refractivity contribution in [3.8, 4) is 0 Å². The summed E-state index contributed by atoms with van der Waals surface area (Å²) in [5.41, 5.74) is 5.59. The lowest BCUT2D eigenvalue weighted by Crippen LogP contribution is -2.21. The highest BCUT2D eigenvalue weighted by molar-refractivity contribution is 5.32. The number of rotatable bonds is 3. The Morgan fingerprint density at radius 2 is 2.20 bits per heavy atom. The largest absolute Gasteiger partial charge is 0.396 e. The second kappa shape index (κ2) is 3.54. The fourth-order valence-corrected chi connectivity index (χ4v) is 2.04. The summed E-state index contributed by atoms with van der Waals surface area (Å²) in [6.07, 6.45) is 0.669. The molecular formula is C11H13F2NO. The zero-order chi connectivity index (χ0) is 11.1. The van der Waals surface area contributed by atoms with Crippen molar-refractivity contribution in [2.45, 2.75) is 12.3 Å². The molecule has 0 saturated heterocycles. The molecule has 82 valence electrons. The zero-order valence-corrected chi connectivity index (χ0v) is 8.21. The third-order valence-electron chi connectivity index (χ3n) is 3.25. The quantitative estimate of drug-likeness (QED) is 0.797. The Hall–Kier alpha value is -1.00. The van der Waals surface area contributed by atoms with Crippen molar-refractivity contribution in [3.63, 3.8) is 0 Å². The average Bonchev–Trinajstić information content (AvgIpc) is 2.93. The summed E-state index contributed by atoms with van der Waals surface area (Å²) >= 11 is 0. The second-order valence-corrected chi connectivity index (χ2v) is 4.15. The van der Waals surface area contributed by atoms with Crippen LogP contribution in [0, 0.1) is 17.0 Å². The summed E-state index contributed by atoms with van der Waals surface area (Å²) < 4.78 is 26.1. The number of hydrogen-bond donors (Lipinski definition) is 2. The molecule has 0 unspecified atom stereocenters. The maximum Gasteiger partial charge on any atom is 0.129 e. The highest BCUT2D eigenvalue weighted by atomic mass is 19.1. The maximum absolute atomic E-state index is 13.4. The van der Waals surface area contributed by atoms with E-state index < -0.39 is 17.0 Å². The Bertz CT molecular complexity index is 377. The summed E-state index contributed by atoms with van der Waals surface area (Å²) in [7, 11) is 0. The van der Waals surface area contributed by atoms with E-state index in [4.69, 9.17) is 10.8 Å². The smallest absolute Gasteiger partial charge is 0.129 e. The lowest BCUT2D eigenvalue weighted by molar-refractivity contribution is 0.211. The molecule has 0 heterocycles. The van der Waals surface area contributed by atoms with Crippen LogP contribution in [0.4, 0.5) is 8.78 Å². The lowest BCUT2D eigenvalue weighted by atomic mass is 10.00. The second-order valence-electron chi connectivity index (χ2n) is 4.15. The summed E-state index contributed by atoms with van der Waals surface area (Å²) in [5.74, 6) is -1.21. The van der Waals surface area contributed by atoms with E-state index >= 15 is 0 Å². The summed E-state index contributed by atoms with van der Waals surface area (Å²) in [5, 5.41) is 9.16. The van der Waals surface area contributed by atoms with Gasteiger partial charge in [0.1, 0.15) is 11.6 Å². The first-order chi connectivity index (χ1) is 7.13. The van der Waals surface area contributed by atoms with Gasteiger partial charge in [-0.05, 0) is 24.0 Å². The molecule has 2 atom stereocenters. The number of aliphatic hydroxyl groups is 1. The van der Waals surface area contributed by atoms with Crippen LogP contribution in [0.1, 0.15) is 17.9 Å². The first-order valence-corrected chi connectivity index (χ1v) is 4.89. The van der Waals surface area contributed by atoms with E-state index in [0.717, 1.165) is 6.07 Å². The molecule has 1 saturated carbocycles. The van der Waals surface area contributed by atoms with Crippen molar-refractivity contribution in [3.05, 3.63) is 35.4 Å². The first-order valence-electron chi connectivity index (χ1n) is 4.89. The molecule has 0 radical (unpaired) electrons. The fourth-order valence-electron chi connectivity index (χ4n) is 2.04. The fraction of sp³-hybridized carbons (Fsp3) is 0.455. The van der Waals surface area contributed by atoms with Crippen molar-refractivity contribution in [1.29, 1.82) is 0 Å². The van der Waals surface area contributed by atoms with Gasteiger partial charge in [-0.1, -0.05) is 6.07 Å². The predicted octanol–water partition coefficient (Wildman–Crippen LogP) is 1.39. The molecule has 1 aromatic carbocycles. The molecule has 1 aromatic rings. The van der Waals surface area contributed by atoms with Gasteiger partial charge in [-0.25, -0.2) is 8.78 Å². The number of halogens is 2. The summed E-state index contributed by atoms with van der Waals surface area (Å²) in [6.45, 7) is 0.274. The zero-order valence-electron chi connectivity index (χ0n) is 8.21. The van der Waals surface area contributed by atoms with Gasteiger partial charge in [-0.2, -0.15) is 0 Å². The molecule has 0 aromatic heterocycles. The molecule has 2 rings (SSSR count). The van der Waals surface area contributed by atoms with Crippen LogP contribution in [0.15, 0.2) is 18.2 Å². The normalized spacial score (nSPS) is 29.2. The minimum absolute atomic E-state index is 0.0506. The Kier molecular flexibility index (Phi) is 2.48. The van der Waals surface area contributed by atoms with Crippen LogP contribution in [-0.4, -0.2) is 18.3 Å². The van der Waals surface area contributed by atoms with Gasteiger partial charge in [0.15, 0.2) is 0 Å². The van der Waals surface area contributed by atoms with Crippen LogP contribution in [0.25, 0.3) is 0 Å². The van der Waals surface area contributed by atoms with Crippen LogP contribution in [-0.2, 0) is 0 Å². The molecule has 1 fully saturated rings. The Morgan fingerprint density at radius 3 is 2.67 bits per heavy atom. The minimum Gasteiger partial charge on any atom is -0.396 e. The van der Waals surface area contributed by atoms with Crippen molar-refractivity contribution in [2.75, 3.05) is 13.2 Å². The van der Waals surface area contributed by atoms with E-state index in [-0.39, 0.29) is 12.5 Å². The van der Waals surface area contributed by atoms with E-state index in [9.17, 15) is 8.78 Å². The van der Waals surface area contributed by atoms with Gasteiger partial charge in [-0.3, -0.25) is 0 Å². The summed E-state index contributed by atoms with van der Waals surface area (Å²) in [6, 6.07) is 3.53. The molecule has 0 spiro atoms. The molecule has 1 aliphatic carbocycles. The molecule has 15 heavy (non-hydrogen) atoms. The predicted molar refractivity (Wildman–Crippen MR) is 52.3 cm³/mol. The third-order valence-corrected chi connectivity index (χ3v) is 3.25. The highest BCUT2D eigenvalue weighted by Gasteiger charge is 2.54. The molecular weight excluding hydrogens is 200 g/mol. The minimum atomic E-state index is -0.584. The van der Waals surface area contributed by atoms with Gasteiger partial charge in [0.2, 0.25) is 0 Å². The van der Waals surface area contributed by atoms with Crippen molar-refractivity contribution >= 4 is 0 Å². The van der Waals surface area contributed by atoms with Gasteiger partial charge in [0.05, 0.1) is 6.61 Å². The van der Waals surface area contributed by atoms with Crippen molar-refractivity contribution in [1.82, 2.24) is 0 Å². The molecule has 3 N–H and O–H groups in total. The maximum atomic E-state index is 13.4. The number of nitrogens with two attached hydrogens (primary N) is 1. The monoisotopic (exact) mass is 213 g/mol. The molecule has 2 nitrogen and oxygen atoms in total. The van der Waals surface area contributed by atoms with Gasteiger partial charge in [0, 0.05) is 18.0 Å². The van der Waals surface area contributed by atoms with Crippen LogP contribution < -0.4 is 5.73 Å². The standard InChI is InChI=1S/C11H13F2NO/c12-7-1-2-8(10(13)3-7)9-4-11(9,5-14)6-15/h1-3,9,15H,4-6,14H2/t9-,11+/m0/s1. The van der Waals surface area contributed by atoms with Crippen LogP contribution in [0.5, 0.6) is 0 Å². The topological polar surface area (TPSA) is 46.2 Å². The average molecular weight is 213 g/mol. The van der Waals surface area contributed by atoms with E-state index in [1.165, 1.54) is 12.1 Å². The van der Waals surface area contributed by atoms with Crippen molar-refractivity contribution in [2.24, 2.45) is 11.1 Å². The van der Waals surface area contributed by atoms with Gasteiger partial charge in [-0.15, -0.1) is 0 Å². The lowest BCUT2D eigenvalue weighted by Gasteiger charge is -2.11. The van der Waals surface area contributed by atoms with Crippen LogP contribution >= 0.6 is 0 Å². The van der Waals surface area contributed by atoms with E-state index in [2.05, 4.69) is 0 Å².